The molecule has 3 aromatic carbocycles. The molecule has 0 atom stereocenters. The molecule has 0 spiro atoms. The molecular weight excluding hydrogens is 418 g/mol. The summed E-state index contributed by atoms with van der Waals surface area (Å²) in [5, 5.41) is 14.2. The molecule has 0 aliphatic carbocycles. The van der Waals surface area contributed by atoms with E-state index >= 15 is 0 Å². The lowest BCUT2D eigenvalue weighted by atomic mass is 10.0. The number of non-ortho nitro benzene ring substituents is 1. The Morgan fingerprint density at radius 2 is 1.52 bits per heavy atom. The Labute approximate surface area is 191 Å². The van der Waals surface area contributed by atoms with Gasteiger partial charge in [-0.15, -0.1) is 0 Å². The molecule has 1 heterocycles. The number of hydrogen-bond acceptors (Lipinski definition) is 5. The molecule has 0 unspecified atom stereocenters. The molecule has 3 aromatic rings. The first-order valence-corrected chi connectivity index (χ1v) is 10.6. The molecule has 7 nitrogen and oxygen atoms in total. The van der Waals surface area contributed by atoms with Crippen LogP contribution in [-0.4, -0.2) is 21.6 Å². The van der Waals surface area contributed by atoms with E-state index in [1.165, 1.54) is 29.2 Å². The Balaban J connectivity index is 1.72. The molecule has 4 rings (SSSR count). The van der Waals surface area contributed by atoms with Crippen molar-refractivity contribution >= 4 is 28.8 Å². The van der Waals surface area contributed by atoms with Crippen LogP contribution >= 0.6 is 0 Å². The topological polar surface area (TPSA) is 92.6 Å². The van der Waals surface area contributed by atoms with Gasteiger partial charge in [0.15, 0.2) is 0 Å². The minimum atomic E-state index is -0.503. The van der Waals surface area contributed by atoms with Gasteiger partial charge in [-0.25, -0.2) is 0 Å². The van der Waals surface area contributed by atoms with Gasteiger partial charge in [0, 0.05) is 17.8 Å². The lowest BCUT2D eigenvalue weighted by Gasteiger charge is -2.15. The minimum Gasteiger partial charge on any atom is -0.350 e. The monoisotopic (exact) mass is 441 g/mol. The Morgan fingerprint density at radius 3 is 2.09 bits per heavy atom. The zero-order valence-corrected chi connectivity index (χ0v) is 18.3. The number of nitrogens with one attached hydrogen (secondary N) is 1. The van der Waals surface area contributed by atoms with Crippen molar-refractivity contribution in [2.45, 2.75) is 26.3 Å². The first-order valence-electron chi connectivity index (χ1n) is 10.6. The number of nitrogens with zero attached hydrogens (tertiary/aromatic N) is 2. The van der Waals surface area contributed by atoms with Crippen LogP contribution in [0.3, 0.4) is 0 Å². The standard InChI is InChI=1S/C26H23N3O4/c1-17(2)19-8-12-21(13-9-19)27-24-23(20-10-14-22(15-11-20)29(32)33)25(30)28(26(24)31)16-18-6-4-3-5-7-18/h3-15,17,27H,16H2,1-2H3. The Kier molecular flexibility index (Phi) is 6.04. The van der Waals surface area contributed by atoms with Crippen molar-refractivity contribution in [2.75, 3.05) is 5.32 Å². The van der Waals surface area contributed by atoms with E-state index in [4.69, 9.17) is 0 Å². The predicted molar refractivity (Wildman–Crippen MR) is 126 cm³/mol. The van der Waals surface area contributed by atoms with Gasteiger partial charge in [0.25, 0.3) is 17.5 Å². The molecular formula is C26H23N3O4. The number of nitro groups is 1. The summed E-state index contributed by atoms with van der Waals surface area (Å²) in [6.45, 7) is 4.32. The van der Waals surface area contributed by atoms with Crippen molar-refractivity contribution in [1.82, 2.24) is 4.90 Å². The maximum atomic E-state index is 13.4. The van der Waals surface area contributed by atoms with Gasteiger partial charge in [-0.2, -0.15) is 0 Å². The van der Waals surface area contributed by atoms with Crippen LogP contribution < -0.4 is 5.32 Å². The lowest BCUT2D eigenvalue weighted by molar-refractivity contribution is -0.384. The number of nitro benzene ring substituents is 1. The Bertz CT molecular complexity index is 1230. The zero-order valence-electron chi connectivity index (χ0n) is 18.3. The van der Waals surface area contributed by atoms with Gasteiger partial charge in [-0.3, -0.25) is 24.6 Å². The van der Waals surface area contributed by atoms with Crippen LogP contribution in [0.25, 0.3) is 5.57 Å². The average molecular weight is 441 g/mol. The summed E-state index contributed by atoms with van der Waals surface area (Å²) in [6.07, 6.45) is 0. The number of rotatable bonds is 7. The maximum absolute atomic E-state index is 13.4. The normalized spacial score (nSPS) is 13.7. The van der Waals surface area contributed by atoms with E-state index < -0.39 is 16.7 Å². The van der Waals surface area contributed by atoms with Crippen molar-refractivity contribution in [1.29, 1.82) is 0 Å². The van der Waals surface area contributed by atoms with Crippen LogP contribution in [0, 0.1) is 10.1 Å². The first kappa shape index (κ1) is 22.0. The maximum Gasteiger partial charge on any atom is 0.278 e. The lowest BCUT2D eigenvalue weighted by Crippen LogP contribution is -2.31. The van der Waals surface area contributed by atoms with Crippen molar-refractivity contribution < 1.29 is 14.5 Å². The van der Waals surface area contributed by atoms with Gasteiger partial charge in [-0.1, -0.05) is 56.3 Å². The SMILES string of the molecule is CC(C)c1ccc(NC2=C(c3ccc([N+](=O)[O-])cc3)C(=O)N(Cc3ccccc3)C2=O)cc1. The summed E-state index contributed by atoms with van der Waals surface area (Å²) in [7, 11) is 0. The van der Waals surface area contributed by atoms with Gasteiger partial charge < -0.3 is 5.32 Å². The number of carbonyl (C=O) groups is 2. The summed E-state index contributed by atoms with van der Waals surface area (Å²) in [4.78, 5) is 38.4. The van der Waals surface area contributed by atoms with Crippen molar-refractivity contribution in [3.8, 4) is 0 Å². The fourth-order valence-electron chi connectivity index (χ4n) is 3.71. The van der Waals surface area contributed by atoms with Gasteiger partial charge in [0.1, 0.15) is 5.70 Å². The fraction of sp³-hybridized carbons (Fsp3) is 0.154. The van der Waals surface area contributed by atoms with E-state index in [1.54, 1.807) is 0 Å². The quantitative estimate of drug-likeness (QED) is 0.312. The molecule has 1 aliphatic rings. The number of hydrogen-bond donors (Lipinski definition) is 1. The van der Waals surface area contributed by atoms with Crippen LogP contribution in [0.15, 0.2) is 84.6 Å². The van der Waals surface area contributed by atoms with Crippen LogP contribution in [0.4, 0.5) is 11.4 Å². The smallest absolute Gasteiger partial charge is 0.278 e. The summed E-state index contributed by atoms with van der Waals surface area (Å²) in [6, 6.07) is 22.6. The summed E-state index contributed by atoms with van der Waals surface area (Å²) >= 11 is 0. The van der Waals surface area contributed by atoms with Crippen LogP contribution in [0.1, 0.15) is 36.5 Å². The van der Waals surface area contributed by atoms with E-state index in [-0.39, 0.29) is 23.5 Å². The Hall–Kier alpha value is -4.26. The van der Waals surface area contributed by atoms with Crippen molar-refractivity contribution in [3.63, 3.8) is 0 Å². The second kappa shape index (κ2) is 9.08. The fourth-order valence-corrected chi connectivity index (χ4v) is 3.71. The number of anilines is 1. The van der Waals surface area contributed by atoms with E-state index in [9.17, 15) is 19.7 Å². The second-order valence-electron chi connectivity index (χ2n) is 8.14. The highest BCUT2D eigenvalue weighted by Gasteiger charge is 2.39. The summed E-state index contributed by atoms with van der Waals surface area (Å²) < 4.78 is 0. The molecule has 0 aromatic heterocycles. The molecule has 166 valence electrons. The number of amides is 2. The number of carbonyl (C=O) groups excluding carboxylic acids is 2. The Morgan fingerprint density at radius 1 is 0.879 bits per heavy atom. The van der Waals surface area contributed by atoms with Crippen LogP contribution in [0.2, 0.25) is 0 Å². The second-order valence-corrected chi connectivity index (χ2v) is 8.14. The highest BCUT2D eigenvalue weighted by molar-refractivity contribution is 6.36. The molecule has 2 amide bonds. The largest absolute Gasteiger partial charge is 0.350 e. The number of imide groups is 1. The molecule has 1 aliphatic heterocycles. The molecule has 33 heavy (non-hydrogen) atoms. The molecule has 0 radical (unpaired) electrons. The molecule has 0 bridgehead atoms. The van der Waals surface area contributed by atoms with Crippen molar-refractivity contribution in [3.05, 3.63) is 111 Å². The van der Waals surface area contributed by atoms with E-state index in [2.05, 4.69) is 19.2 Å². The van der Waals surface area contributed by atoms with E-state index in [1.807, 2.05) is 54.6 Å². The molecule has 7 heteroatoms. The summed E-state index contributed by atoms with van der Waals surface area (Å²) in [5.74, 6) is -0.519. The van der Waals surface area contributed by atoms with Gasteiger partial charge in [0.2, 0.25) is 0 Å². The van der Waals surface area contributed by atoms with Crippen molar-refractivity contribution in [2.24, 2.45) is 0 Å². The third-order valence-corrected chi connectivity index (χ3v) is 5.57. The van der Waals surface area contributed by atoms with E-state index in [0.29, 0.717) is 17.2 Å². The molecule has 0 saturated heterocycles. The number of benzene rings is 3. The molecule has 0 saturated carbocycles. The minimum absolute atomic E-state index is 0.0870. The highest BCUT2D eigenvalue weighted by atomic mass is 16.6. The van der Waals surface area contributed by atoms with E-state index in [0.717, 1.165) is 11.1 Å². The average Bonchev–Trinajstić information content (AvgIpc) is 3.04. The first-order chi connectivity index (χ1) is 15.8. The highest BCUT2D eigenvalue weighted by Crippen LogP contribution is 2.32. The van der Waals surface area contributed by atoms with Crippen LogP contribution in [-0.2, 0) is 16.1 Å². The van der Waals surface area contributed by atoms with Crippen LogP contribution in [0.5, 0.6) is 0 Å². The molecule has 1 N–H and O–H groups in total. The predicted octanol–water partition coefficient (Wildman–Crippen LogP) is 5.11. The summed E-state index contributed by atoms with van der Waals surface area (Å²) in [5.41, 5.74) is 3.36. The third-order valence-electron chi connectivity index (χ3n) is 5.57. The van der Waals surface area contributed by atoms with Gasteiger partial charge in [-0.05, 0) is 46.9 Å². The van der Waals surface area contributed by atoms with Gasteiger partial charge in [0.05, 0.1) is 17.0 Å². The molecule has 0 fully saturated rings. The third kappa shape index (κ3) is 4.52. The van der Waals surface area contributed by atoms with Gasteiger partial charge >= 0.3 is 0 Å². The zero-order chi connectivity index (χ0) is 23.5.